The number of sulfonamides is 2. The SMILES string of the molecule is COc1cc(C(F)(F)F)ccc1O[B]O.COc1ccc(CN(c2nccs2)S(=O)(=O)c2ccc3c(-c4ccc(C(F)(F)F)cc4OC)nc(Cl)cc3c2)cc1.COc1ccc(CN(c2nccs2)S(=O)(=O)c2ccc3c(Br)nc(Cl)cc3c2)cc1. The Morgan fingerprint density at radius 2 is 1.01 bits per heavy atom. The fourth-order valence-electron chi connectivity index (χ4n) is 8.19. The molecule has 0 bridgehead atoms. The predicted octanol–water partition coefficient (Wildman–Crippen LogP) is 14.6. The van der Waals surface area contributed by atoms with Crippen molar-refractivity contribution in [2.75, 3.05) is 37.0 Å². The van der Waals surface area contributed by atoms with E-state index in [2.05, 4.69) is 45.3 Å². The van der Waals surface area contributed by atoms with Crippen LogP contribution in [0.3, 0.4) is 0 Å². The largest absolute Gasteiger partial charge is 0.569 e. The zero-order chi connectivity index (χ0) is 62.1. The Labute approximate surface area is 515 Å². The summed E-state index contributed by atoms with van der Waals surface area (Å²) in [6.07, 6.45) is -5.89. The molecule has 0 aliphatic carbocycles. The molecular formula is C56H43BBrCl2F6N6O10S4. The molecule has 1 N–H and O–H groups in total. The summed E-state index contributed by atoms with van der Waals surface area (Å²) in [5.41, 5.74) is 0.325. The molecule has 0 fully saturated rings. The van der Waals surface area contributed by atoms with Crippen LogP contribution in [0.15, 0.2) is 171 Å². The van der Waals surface area contributed by atoms with Gasteiger partial charge in [-0.2, -0.15) is 26.3 Å². The van der Waals surface area contributed by atoms with Crippen LogP contribution in [0.1, 0.15) is 22.3 Å². The van der Waals surface area contributed by atoms with Gasteiger partial charge < -0.3 is 28.6 Å². The highest BCUT2D eigenvalue weighted by Gasteiger charge is 2.34. The lowest BCUT2D eigenvalue weighted by atomic mass is 10.0. The van der Waals surface area contributed by atoms with Crippen molar-refractivity contribution in [2.24, 2.45) is 0 Å². The molecule has 0 aliphatic rings. The molecule has 0 atom stereocenters. The van der Waals surface area contributed by atoms with Gasteiger partial charge in [-0.1, -0.05) is 59.6 Å². The maximum absolute atomic E-state index is 14.0. The lowest BCUT2D eigenvalue weighted by molar-refractivity contribution is -0.138. The number of fused-ring (bicyclic) bond motifs is 2. The molecule has 10 aromatic rings. The van der Waals surface area contributed by atoms with Gasteiger partial charge in [0.05, 0.1) is 68.1 Å². The van der Waals surface area contributed by atoms with Crippen molar-refractivity contribution in [3.8, 4) is 40.0 Å². The Hall–Kier alpha value is -7.44. The first-order valence-corrected chi connectivity index (χ1v) is 30.7. The zero-order valence-electron chi connectivity index (χ0n) is 44.8. The van der Waals surface area contributed by atoms with E-state index in [1.54, 1.807) is 97.9 Å². The van der Waals surface area contributed by atoms with Crippen LogP contribution in [-0.2, 0) is 45.5 Å². The first kappa shape index (κ1) is 64.6. The van der Waals surface area contributed by atoms with E-state index in [9.17, 15) is 43.2 Å². The lowest BCUT2D eigenvalue weighted by Crippen LogP contribution is -2.30. The number of alkyl halides is 6. The molecule has 0 saturated heterocycles. The summed E-state index contributed by atoms with van der Waals surface area (Å²) in [6, 6.07) is 32.4. The molecule has 4 heterocycles. The van der Waals surface area contributed by atoms with Crippen LogP contribution in [0.5, 0.6) is 28.7 Å². The second-order valence-corrected chi connectivity index (χ2v) is 24.6. The molecule has 447 valence electrons. The van der Waals surface area contributed by atoms with E-state index in [1.807, 2.05) is 12.1 Å². The van der Waals surface area contributed by atoms with Crippen LogP contribution in [0.2, 0.25) is 10.3 Å². The van der Waals surface area contributed by atoms with Crippen molar-refractivity contribution in [1.29, 1.82) is 0 Å². The molecule has 0 unspecified atom stereocenters. The van der Waals surface area contributed by atoms with Gasteiger partial charge >= 0.3 is 20.0 Å². The van der Waals surface area contributed by atoms with Crippen LogP contribution >= 0.6 is 61.8 Å². The second-order valence-electron chi connectivity index (χ2n) is 17.6. The number of methoxy groups -OCH3 is 4. The smallest absolute Gasteiger partial charge is 0.535 e. The monoisotopic (exact) mass is 1360 g/mol. The van der Waals surface area contributed by atoms with E-state index in [0.717, 1.165) is 41.3 Å². The third-order valence-corrected chi connectivity index (χ3v) is 18.6. The average Bonchev–Trinajstić information content (AvgIpc) is 1.09. The number of rotatable bonds is 17. The molecule has 30 heteroatoms. The maximum Gasteiger partial charge on any atom is 0.569 e. The van der Waals surface area contributed by atoms with Gasteiger partial charge in [0.25, 0.3) is 20.0 Å². The molecule has 0 saturated carbocycles. The summed E-state index contributed by atoms with van der Waals surface area (Å²) in [5.74, 6) is 1.19. The number of benzene rings is 6. The zero-order valence-corrected chi connectivity index (χ0v) is 51.2. The van der Waals surface area contributed by atoms with Gasteiger partial charge in [-0.3, -0.25) is 0 Å². The van der Waals surface area contributed by atoms with Crippen molar-refractivity contribution in [1.82, 2.24) is 19.9 Å². The maximum atomic E-state index is 14.0. The molecule has 1 radical (unpaired) electrons. The summed E-state index contributed by atoms with van der Waals surface area (Å²) < 4.78 is 160. The molecule has 16 nitrogen and oxygen atoms in total. The van der Waals surface area contributed by atoms with E-state index < -0.39 is 43.5 Å². The number of thiazole rings is 2. The van der Waals surface area contributed by atoms with Crippen molar-refractivity contribution in [3.05, 3.63) is 194 Å². The number of halogens is 9. The van der Waals surface area contributed by atoms with Gasteiger partial charge in [0.2, 0.25) is 0 Å². The van der Waals surface area contributed by atoms with Gasteiger partial charge in [-0.05, 0) is 135 Å². The third-order valence-electron chi connectivity index (χ3n) is 12.4. The summed E-state index contributed by atoms with van der Waals surface area (Å²) in [6.45, 7) is 0.154. The van der Waals surface area contributed by atoms with Gasteiger partial charge in [-0.25, -0.2) is 45.4 Å². The van der Waals surface area contributed by atoms with E-state index in [4.69, 9.17) is 42.4 Å². The topological polar surface area (TPSA) is 193 Å². The predicted molar refractivity (Wildman–Crippen MR) is 322 cm³/mol. The number of pyridine rings is 2. The third kappa shape index (κ3) is 15.2. The van der Waals surface area contributed by atoms with Gasteiger partial charge in [0.1, 0.15) is 37.9 Å². The number of nitrogens with zero attached hydrogens (tertiary/aromatic N) is 6. The number of aromatic nitrogens is 4. The van der Waals surface area contributed by atoms with Gasteiger partial charge in [0.15, 0.2) is 16.0 Å². The van der Waals surface area contributed by atoms with Crippen LogP contribution in [0, 0.1) is 0 Å². The number of ether oxygens (including phenoxy) is 4. The quantitative estimate of drug-likeness (QED) is 0.0514. The van der Waals surface area contributed by atoms with E-state index >= 15 is 0 Å². The van der Waals surface area contributed by atoms with Crippen molar-refractivity contribution >= 4 is 121 Å². The highest BCUT2D eigenvalue weighted by Crippen LogP contribution is 2.41. The summed E-state index contributed by atoms with van der Waals surface area (Å²) in [4.78, 5) is 17.1. The molecule has 10 rings (SSSR count). The van der Waals surface area contributed by atoms with Crippen LogP contribution < -0.4 is 32.2 Å². The van der Waals surface area contributed by atoms with Gasteiger partial charge in [0, 0.05) is 39.5 Å². The van der Waals surface area contributed by atoms with E-state index in [0.29, 0.717) is 50.6 Å². The first-order valence-electron chi connectivity index (χ1n) is 24.5. The Morgan fingerprint density at radius 3 is 1.45 bits per heavy atom. The van der Waals surface area contributed by atoms with Crippen molar-refractivity contribution < 1.29 is 71.8 Å². The van der Waals surface area contributed by atoms with E-state index in [-0.39, 0.29) is 66.8 Å². The van der Waals surface area contributed by atoms with Crippen molar-refractivity contribution in [3.63, 3.8) is 0 Å². The fourth-order valence-corrected chi connectivity index (χ4v) is 13.9. The molecule has 0 aliphatic heterocycles. The van der Waals surface area contributed by atoms with Crippen LogP contribution in [-0.4, -0.2) is 77.9 Å². The molecule has 6 aromatic carbocycles. The average molecular weight is 1360 g/mol. The summed E-state index contributed by atoms with van der Waals surface area (Å²) >= 11 is 18.2. The first-order chi connectivity index (χ1) is 40.9. The Bertz CT molecular complexity index is 4230. The van der Waals surface area contributed by atoms with Gasteiger partial charge in [-0.15, -0.1) is 22.7 Å². The molecule has 0 spiro atoms. The minimum atomic E-state index is -4.56. The highest BCUT2D eigenvalue weighted by atomic mass is 79.9. The summed E-state index contributed by atoms with van der Waals surface area (Å²) in [5, 5.41) is 15.1. The number of hydrogen-bond acceptors (Lipinski definition) is 16. The second kappa shape index (κ2) is 27.5. The Balaban J connectivity index is 0.000000186. The number of hydrogen-bond donors (Lipinski definition) is 1. The minimum absolute atomic E-state index is 0.00741. The lowest BCUT2D eigenvalue weighted by Gasteiger charge is -2.22. The molecule has 0 amide bonds. The minimum Gasteiger partial charge on any atom is -0.535 e. The van der Waals surface area contributed by atoms with Crippen molar-refractivity contribution in [2.45, 2.75) is 35.2 Å². The molecule has 86 heavy (non-hydrogen) atoms. The van der Waals surface area contributed by atoms with Crippen LogP contribution in [0.25, 0.3) is 32.8 Å². The molecule has 4 aromatic heterocycles. The standard InChI is InChI=1S/C28H21ClF3N3O4S2.C20H15BrClN3O3S2.C8H7BF3O3/c1-38-20-6-3-17(4-7-20)16-35(27-33-11-12-40-27)41(36,37)21-8-10-22-18(13-21)14-25(29)34-26(22)23-9-5-19(28(30,31)32)15-24(23)39-2;1-28-15-4-2-13(3-5-15)12-25(20-23-8-9-29-20)30(26,27)16-6-7-17-14(10-16)11-18(22)24-19(17)21;1-14-7-4-5(8(10,11)12)2-3-6(7)15-9-13/h3-15H,16H2,1-2H3;2-11H,12H2,1H3;2-4,13H,1H3. The number of anilines is 2. The summed E-state index contributed by atoms with van der Waals surface area (Å²) in [7, 11) is -2.04. The highest BCUT2D eigenvalue weighted by molar-refractivity contribution is 9.10. The van der Waals surface area contributed by atoms with E-state index in [1.165, 1.54) is 76.0 Å². The Morgan fingerprint density at radius 1 is 0.558 bits per heavy atom. The normalized spacial score (nSPS) is 11.7. The fraction of sp³-hybridized carbons (Fsp3) is 0.143. The molecular weight excluding hydrogens is 1320 g/mol. The Kier molecular flexibility index (Phi) is 20.7. The van der Waals surface area contributed by atoms with Crippen LogP contribution in [0.4, 0.5) is 36.6 Å².